The Balaban J connectivity index is 1.50. The van der Waals surface area contributed by atoms with E-state index in [9.17, 15) is 4.79 Å². The van der Waals surface area contributed by atoms with Crippen LogP contribution in [0.2, 0.25) is 0 Å². The van der Waals surface area contributed by atoms with Crippen molar-refractivity contribution in [1.29, 1.82) is 0 Å². The smallest absolute Gasteiger partial charge is 0.220 e. The number of hydrogen-bond donors (Lipinski definition) is 1. The fourth-order valence-corrected chi connectivity index (χ4v) is 5.37. The molecule has 0 aromatic heterocycles. The molecule has 0 spiro atoms. The highest BCUT2D eigenvalue weighted by atomic mass is 16.1. The van der Waals surface area contributed by atoms with Gasteiger partial charge in [-0.2, -0.15) is 0 Å². The van der Waals surface area contributed by atoms with Gasteiger partial charge in [0.05, 0.1) is 0 Å². The Labute approximate surface area is 145 Å². The third-order valence-electron chi connectivity index (χ3n) is 6.48. The number of nitrogens with zero attached hydrogens (tertiary/aromatic N) is 1. The van der Waals surface area contributed by atoms with Crippen molar-refractivity contribution in [2.45, 2.75) is 57.5 Å². The summed E-state index contributed by atoms with van der Waals surface area (Å²) >= 11 is 0. The van der Waals surface area contributed by atoms with Crippen molar-refractivity contribution in [3.63, 3.8) is 0 Å². The van der Waals surface area contributed by atoms with Gasteiger partial charge >= 0.3 is 0 Å². The van der Waals surface area contributed by atoms with Crippen molar-refractivity contribution in [3.05, 3.63) is 35.9 Å². The summed E-state index contributed by atoms with van der Waals surface area (Å²) in [5.41, 5.74) is 1.40. The highest BCUT2D eigenvalue weighted by Crippen LogP contribution is 2.40. The van der Waals surface area contributed by atoms with Gasteiger partial charge in [-0.05, 0) is 36.2 Å². The number of fused-ring (bicyclic) bond motifs is 3. The summed E-state index contributed by atoms with van der Waals surface area (Å²) in [6, 6.07) is 11.2. The van der Waals surface area contributed by atoms with Gasteiger partial charge in [0.2, 0.25) is 5.91 Å². The molecule has 3 aliphatic rings. The van der Waals surface area contributed by atoms with Crippen molar-refractivity contribution >= 4 is 5.91 Å². The summed E-state index contributed by atoms with van der Waals surface area (Å²) < 4.78 is 0. The van der Waals surface area contributed by atoms with Gasteiger partial charge in [0.1, 0.15) is 0 Å². The molecule has 2 saturated heterocycles. The minimum atomic E-state index is 0.305. The number of nitrogens with one attached hydrogen (secondary N) is 1. The molecule has 1 aromatic rings. The normalized spacial score (nSPS) is 34.4. The summed E-state index contributed by atoms with van der Waals surface area (Å²) in [7, 11) is 0. The topological polar surface area (TPSA) is 32.3 Å². The third kappa shape index (κ3) is 3.51. The zero-order valence-corrected chi connectivity index (χ0v) is 14.6. The van der Waals surface area contributed by atoms with Crippen molar-refractivity contribution in [3.8, 4) is 0 Å². The van der Waals surface area contributed by atoms with Crippen LogP contribution in [-0.2, 0) is 11.3 Å². The lowest BCUT2D eigenvalue weighted by atomic mass is 9.75. The zero-order chi connectivity index (χ0) is 16.4. The van der Waals surface area contributed by atoms with E-state index in [1.54, 1.807) is 0 Å². The number of carbonyl (C=O) groups excluding carboxylic acids is 1. The van der Waals surface area contributed by atoms with Gasteiger partial charge in [0.25, 0.3) is 0 Å². The van der Waals surface area contributed by atoms with Crippen LogP contribution in [0, 0.1) is 17.8 Å². The van der Waals surface area contributed by atoms with E-state index in [2.05, 4.69) is 40.5 Å². The Morgan fingerprint density at radius 3 is 2.58 bits per heavy atom. The molecule has 3 nitrogen and oxygen atoms in total. The number of hydrogen-bond acceptors (Lipinski definition) is 2. The van der Waals surface area contributed by atoms with Crippen LogP contribution in [0.5, 0.6) is 0 Å². The Hall–Kier alpha value is -1.35. The van der Waals surface area contributed by atoms with E-state index in [4.69, 9.17) is 0 Å². The predicted molar refractivity (Wildman–Crippen MR) is 96.4 cm³/mol. The van der Waals surface area contributed by atoms with Crippen LogP contribution in [0.3, 0.4) is 0 Å². The molecule has 4 rings (SSSR count). The maximum absolute atomic E-state index is 12.4. The Morgan fingerprint density at radius 2 is 1.75 bits per heavy atom. The molecule has 130 valence electrons. The molecule has 24 heavy (non-hydrogen) atoms. The second-order valence-electron chi connectivity index (χ2n) is 8.14. The number of rotatable bonds is 2. The van der Waals surface area contributed by atoms with Gasteiger partial charge in [-0.15, -0.1) is 0 Å². The van der Waals surface area contributed by atoms with Crippen molar-refractivity contribution in [2.75, 3.05) is 13.1 Å². The van der Waals surface area contributed by atoms with Crippen molar-refractivity contribution < 1.29 is 4.79 Å². The highest BCUT2D eigenvalue weighted by molar-refractivity contribution is 5.77. The molecule has 1 aliphatic carbocycles. The monoisotopic (exact) mass is 326 g/mol. The van der Waals surface area contributed by atoms with Crippen LogP contribution in [0.15, 0.2) is 30.3 Å². The van der Waals surface area contributed by atoms with Crippen molar-refractivity contribution in [1.82, 2.24) is 10.2 Å². The van der Waals surface area contributed by atoms with E-state index in [1.165, 1.54) is 50.6 Å². The summed E-state index contributed by atoms with van der Waals surface area (Å²) in [5.74, 6) is 2.26. The molecule has 1 aromatic carbocycles. The van der Waals surface area contributed by atoms with Gasteiger partial charge < -0.3 is 5.32 Å². The lowest BCUT2D eigenvalue weighted by Gasteiger charge is -2.33. The second-order valence-corrected chi connectivity index (χ2v) is 8.14. The first-order valence-electron chi connectivity index (χ1n) is 9.85. The summed E-state index contributed by atoms with van der Waals surface area (Å²) in [5, 5.41) is 3.38. The van der Waals surface area contributed by atoms with E-state index < -0.39 is 0 Å². The van der Waals surface area contributed by atoms with Gasteiger partial charge in [-0.3, -0.25) is 9.69 Å². The molecular weight excluding hydrogens is 296 g/mol. The van der Waals surface area contributed by atoms with E-state index in [1.807, 2.05) is 0 Å². The van der Waals surface area contributed by atoms with Crippen molar-refractivity contribution in [2.24, 2.45) is 17.8 Å². The van der Waals surface area contributed by atoms with Crippen LogP contribution in [0.1, 0.15) is 50.5 Å². The lowest BCUT2D eigenvalue weighted by Crippen LogP contribution is -2.41. The highest BCUT2D eigenvalue weighted by Gasteiger charge is 2.44. The van der Waals surface area contributed by atoms with Gasteiger partial charge in [0, 0.05) is 32.1 Å². The average Bonchev–Trinajstić information content (AvgIpc) is 2.88. The number of likely N-dealkylation sites (tertiary alicyclic amines) is 1. The molecule has 1 saturated carbocycles. The second kappa shape index (κ2) is 7.26. The fraction of sp³-hybridized carbons (Fsp3) is 0.667. The Kier molecular flexibility index (Phi) is 4.88. The minimum absolute atomic E-state index is 0.305. The molecule has 2 aliphatic heterocycles. The molecule has 0 radical (unpaired) electrons. The van der Waals surface area contributed by atoms with Crippen LogP contribution in [0.25, 0.3) is 0 Å². The van der Waals surface area contributed by atoms with E-state index in [-0.39, 0.29) is 0 Å². The lowest BCUT2D eigenvalue weighted by molar-refractivity contribution is -0.122. The SMILES string of the molecule is O=C1CC2CN(Cc3ccccc3)CC2C2CCCCCCC2N1. The van der Waals surface area contributed by atoms with Crippen LogP contribution in [-0.4, -0.2) is 29.9 Å². The standard InChI is InChI=1S/C21H30N2O/c24-21-12-17-14-23(13-16-8-4-3-5-9-16)15-19(17)18-10-6-1-2-7-11-20(18)22-21/h3-5,8-9,17-20H,1-2,6-7,10-15H2,(H,22,24). The van der Waals surface area contributed by atoms with E-state index in [0.717, 1.165) is 19.5 Å². The van der Waals surface area contributed by atoms with Gasteiger partial charge in [-0.25, -0.2) is 0 Å². The molecule has 4 atom stereocenters. The number of benzene rings is 1. The van der Waals surface area contributed by atoms with E-state index >= 15 is 0 Å². The number of carbonyl (C=O) groups is 1. The summed E-state index contributed by atoms with van der Waals surface area (Å²) in [6.45, 7) is 3.30. The molecule has 1 N–H and O–H groups in total. The first-order valence-corrected chi connectivity index (χ1v) is 9.85. The summed E-state index contributed by atoms with van der Waals surface area (Å²) in [6.07, 6.45) is 8.59. The molecule has 3 heteroatoms. The molecule has 1 amide bonds. The molecule has 4 unspecified atom stereocenters. The van der Waals surface area contributed by atoms with Gasteiger partial charge in [-0.1, -0.05) is 56.0 Å². The summed E-state index contributed by atoms with van der Waals surface area (Å²) in [4.78, 5) is 15.0. The molecule has 0 bridgehead atoms. The average molecular weight is 326 g/mol. The van der Waals surface area contributed by atoms with Gasteiger partial charge in [0.15, 0.2) is 0 Å². The first-order chi connectivity index (χ1) is 11.8. The Morgan fingerprint density at radius 1 is 0.958 bits per heavy atom. The van der Waals surface area contributed by atoms with Crippen LogP contribution >= 0.6 is 0 Å². The fourth-order valence-electron chi connectivity index (χ4n) is 5.37. The Bertz CT molecular complexity index is 558. The maximum Gasteiger partial charge on any atom is 0.220 e. The quantitative estimate of drug-likeness (QED) is 0.901. The number of amides is 1. The third-order valence-corrected chi connectivity index (χ3v) is 6.48. The maximum atomic E-state index is 12.4. The largest absolute Gasteiger partial charge is 0.353 e. The van der Waals surface area contributed by atoms with E-state index in [0.29, 0.717) is 29.7 Å². The molecular formula is C21H30N2O. The minimum Gasteiger partial charge on any atom is -0.353 e. The van der Waals surface area contributed by atoms with Crippen LogP contribution in [0.4, 0.5) is 0 Å². The van der Waals surface area contributed by atoms with Crippen LogP contribution < -0.4 is 5.32 Å². The molecule has 2 heterocycles. The molecule has 3 fully saturated rings. The first kappa shape index (κ1) is 16.1. The predicted octanol–water partition coefficient (Wildman–Crippen LogP) is 3.59. The zero-order valence-electron chi connectivity index (χ0n) is 14.6.